The molecule has 5 heterocycles. The highest BCUT2D eigenvalue weighted by atomic mass is 19.4. The van der Waals surface area contributed by atoms with Crippen LogP contribution in [0.4, 0.5) is 52.7 Å². The lowest BCUT2D eigenvalue weighted by Crippen LogP contribution is -2.21. The monoisotopic (exact) mass is 888 g/mol. The van der Waals surface area contributed by atoms with Crippen molar-refractivity contribution in [2.75, 3.05) is 0 Å². The molecule has 64 heavy (non-hydrogen) atoms. The zero-order valence-corrected chi connectivity index (χ0v) is 32.4. The number of aromatic nitrogens is 4. The lowest BCUT2D eigenvalue weighted by molar-refractivity contribution is -0.138. The Morgan fingerprint density at radius 3 is 0.641 bits per heavy atom. The molecule has 0 aliphatic carbocycles. The predicted molar refractivity (Wildman–Crippen MR) is 214 cm³/mol. The Hall–Kier alpha value is -7.36. The van der Waals surface area contributed by atoms with Crippen molar-refractivity contribution in [3.8, 4) is 0 Å². The average Bonchev–Trinajstić information content (AvgIpc) is 4.08. The summed E-state index contributed by atoms with van der Waals surface area (Å²) in [7, 11) is 0. The number of rotatable bonds is 4. The summed E-state index contributed by atoms with van der Waals surface area (Å²) in [5.74, 6) is 0. The van der Waals surface area contributed by atoms with Crippen LogP contribution in [0, 0.1) is 0 Å². The minimum Gasteiger partial charge on any atom is -0.354 e. The lowest BCUT2D eigenvalue weighted by Gasteiger charge is -2.16. The van der Waals surface area contributed by atoms with Crippen LogP contribution < -0.4 is 21.4 Å². The molecule has 324 valence electrons. The zero-order chi connectivity index (χ0) is 45.3. The molecule has 0 fully saturated rings. The molecule has 0 radical (unpaired) electrons. The number of aromatic amines is 4. The van der Waals surface area contributed by atoms with Gasteiger partial charge in [0.2, 0.25) is 0 Å². The molecular formula is C48H28F12N4. The minimum absolute atomic E-state index is 0.0354. The van der Waals surface area contributed by atoms with Gasteiger partial charge in [0.1, 0.15) is 0 Å². The normalized spacial score (nSPS) is 13.8. The molecule has 4 nitrogen and oxygen atoms in total. The van der Waals surface area contributed by atoms with Crippen LogP contribution in [0.2, 0.25) is 0 Å². The van der Waals surface area contributed by atoms with E-state index < -0.39 is 47.0 Å². The van der Waals surface area contributed by atoms with Gasteiger partial charge >= 0.3 is 24.7 Å². The van der Waals surface area contributed by atoms with Gasteiger partial charge in [-0.1, -0.05) is 72.8 Å². The summed E-state index contributed by atoms with van der Waals surface area (Å²) in [6.45, 7) is 0. The third-order valence-corrected chi connectivity index (χ3v) is 10.9. The van der Waals surface area contributed by atoms with Crippen LogP contribution in [0.25, 0.3) is 22.3 Å². The number of halogens is 12. The van der Waals surface area contributed by atoms with Crippen LogP contribution in [0.1, 0.15) is 67.3 Å². The van der Waals surface area contributed by atoms with Gasteiger partial charge in [0.05, 0.1) is 22.3 Å². The van der Waals surface area contributed by atoms with Gasteiger partial charge in [-0.2, -0.15) is 52.7 Å². The molecule has 0 amide bonds. The molecule has 0 saturated carbocycles. The van der Waals surface area contributed by atoms with E-state index in [0.29, 0.717) is 0 Å². The van der Waals surface area contributed by atoms with Crippen molar-refractivity contribution in [3.05, 3.63) is 234 Å². The predicted octanol–water partition coefficient (Wildman–Crippen LogP) is 10.4. The standard InChI is InChI=1S/C48H28F12N4/c49-45(50,51)29-13-5-1-9-25(29)41-33-17-19-35(61-33)42(26-10-2-6-14-30(26)46(52,53)54)37-21-23-39(63-37)44(28-12-4-8-16-32(28)48(58,59)60)40-24-22-38(64-40)43(36-20-18-34(41)62-36)27-11-3-7-15-31(27)47(55,56)57/h1-24,61-64H. The Bertz CT molecular complexity index is 2910. The Morgan fingerprint density at radius 1 is 0.234 bits per heavy atom. The van der Waals surface area contributed by atoms with Gasteiger partial charge < -0.3 is 19.9 Å². The maximum atomic E-state index is 14.8. The Labute approximate surface area is 353 Å². The Kier molecular flexibility index (Phi) is 9.95. The maximum Gasteiger partial charge on any atom is 0.417 e. The van der Waals surface area contributed by atoms with Crippen molar-refractivity contribution in [2.45, 2.75) is 24.7 Å². The third-order valence-electron chi connectivity index (χ3n) is 10.9. The van der Waals surface area contributed by atoms with Gasteiger partial charge in [0.25, 0.3) is 0 Å². The molecule has 0 unspecified atom stereocenters. The summed E-state index contributed by atoms with van der Waals surface area (Å²) < 4.78 is 178. The fraction of sp³-hybridized carbons (Fsp3) is 0.0833. The molecule has 0 saturated heterocycles. The summed E-state index contributed by atoms with van der Waals surface area (Å²) in [6.07, 6.45) is -19.7. The first-order chi connectivity index (χ1) is 30.3. The topological polar surface area (TPSA) is 63.2 Å². The van der Waals surface area contributed by atoms with Gasteiger partial charge in [-0.15, -0.1) is 0 Å². The molecule has 4 aromatic heterocycles. The van der Waals surface area contributed by atoms with Gasteiger partial charge in [0.15, 0.2) is 0 Å². The molecule has 9 rings (SSSR count). The summed E-state index contributed by atoms with van der Waals surface area (Å²) in [5.41, 5.74) is -6.54. The molecule has 0 atom stereocenters. The van der Waals surface area contributed by atoms with Crippen LogP contribution in [-0.2, 0) is 24.7 Å². The highest BCUT2D eigenvalue weighted by molar-refractivity contribution is 5.86. The minimum atomic E-state index is -4.92. The van der Waals surface area contributed by atoms with Crippen LogP contribution in [-0.4, -0.2) is 19.9 Å². The van der Waals surface area contributed by atoms with Gasteiger partial charge in [0, 0.05) is 66.5 Å². The molecule has 1 aliphatic heterocycles. The first kappa shape index (κ1) is 42.0. The maximum absolute atomic E-state index is 14.8. The van der Waals surface area contributed by atoms with E-state index in [-0.39, 0.29) is 88.7 Å². The van der Waals surface area contributed by atoms with Crippen LogP contribution in [0.5, 0.6) is 0 Å². The fourth-order valence-electron chi connectivity index (χ4n) is 8.28. The first-order valence-corrected chi connectivity index (χ1v) is 19.2. The number of fused-ring (bicyclic) bond motifs is 8. The number of nitrogens with one attached hydrogen (secondary N) is 4. The average molecular weight is 889 g/mol. The van der Waals surface area contributed by atoms with E-state index in [1.807, 2.05) is 0 Å². The number of alkyl halides is 12. The number of benzene rings is 4. The van der Waals surface area contributed by atoms with Crippen molar-refractivity contribution in [1.82, 2.24) is 19.9 Å². The summed E-state index contributed by atoms with van der Waals surface area (Å²) in [5, 5.41) is -0.142. The van der Waals surface area contributed by atoms with Crippen molar-refractivity contribution < 1.29 is 52.7 Å². The largest absolute Gasteiger partial charge is 0.417 e. The van der Waals surface area contributed by atoms with E-state index in [0.717, 1.165) is 24.3 Å². The summed E-state index contributed by atoms with van der Waals surface area (Å²) in [6, 6.07) is 29.1. The number of hydrogen-bond acceptors (Lipinski definition) is 0. The lowest BCUT2D eigenvalue weighted by atomic mass is 9.96. The van der Waals surface area contributed by atoms with Gasteiger partial charge in [-0.25, -0.2) is 0 Å². The van der Waals surface area contributed by atoms with E-state index in [1.54, 1.807) is 0 Å². The van der Waals surface area contributed by atoms with E-state index in [2.05, 4.69) is 19.9 Å². The quantitative estimate of drug-likeness (QED) is 0.127. The van der Waals surface area contributed by atoms with E-state index in [1.165, 1.54) is 121 Å². The first-order valence-electron chi connectivity index (χ1n) is 19.2. The molecular weight excluding hydrogens is 861 g/mol. The molecule has 8 aromatic rings. The van der Waals surface area contributed by atoms with E-state index in [4.69, 9.17) is 0 Å². The van der Waals surface area contributed by atoms with Crippen molar-refractivity contribution in [1.29, 1.82) is 0 Å². The molecule has 1 aliphatic rings. The molecule has 4 aromatic carbocycles. The highest BCUT2D eigenvalue weighted by Crippen LogP contribution is 2.41. The van der Waals surface area contributed by atoms with Crippen molar-refractivity contribution in [2.24, 2.45) is 0 Å². The summed E-state index contributed by atoms with van der Waals surface area (Å²) >= 11 is 0. The molecule has 0 spiro atoms. The van der Waals surface area contributed by atoms with Gasteiger partial charge in [-0.05, 0) is 95.1 Å². The van der Waals surface area contributed by atoms with Crippen LogP contribution >= 0.6 is 0 Å². The Morgan fingerprint density at radius 2 is 0.438 bits per heavy atom. The number of hydrogen-bond donors (Lipinski definition) is 4. The highest BCUT2D eigenvalue weighted by Gasteiger charge is 2.38. The second-order valence-corrected chi connectivity index (χ2v) is 14.8. The van der Waals surface area contributed by atoms with Crippen molar-refractivity contribution >= 4 is 22.3 Å². The van der Waals surface area contributed by atoms with E-state index >= 15 is 0 Å². The van der Waals surface area contributed by atoms with Crippen LogP contribution in [0.15, 0.2) is 146 Å². The second-order valence-electron chi connectivity index (χ2n) is 14.8. The van der Waals surface area contributed by atoms with Crippen molar-refractivity contribution in [3.63, 3.8) is 0 Å². The van der Waals surface area contributed by atoms with Crippen LogP contribution in [0.3, 0.4) is 0 Å². The second kappa shape index (κ2) is 15.2. The van der Waals surface area contributed by atoms with E-state index in [9.17, 15) is 52.7 Å². The number of H-pyrrole nitrogens is 4. The fourth-order valence-corrected chi connectivity index (χ4v) is 8.28. The SMILES string of the molecule is FC(F)(F)c1ccccc1C1=c2ccc([nH]2)=C(c2ccccc2C(F)(F)F)c2ccc([nH]2)C(c2ccccc2C(F)(F)F)=c2ccc([nH]2)=C(c2ccccc2C(F)(F)F)c2ccc1[nH]2. The Balaban J connectivity index is 1.50. The zero-order valence-electron chi connectivity index (χ0n) is 32.4. The smallest absolute Gasteiger partial charge is 0.354 e. The summed E-state index contributed by atoms with van der Waals surface area (Å²) in [4.78, 5) is 12.1. The molecule has 16 heteroatoms. The van der Waals surface area contributed by atoms with Gasteiger partial charge in [-0.3, -0.25) is 0 Å². The molecule has 8 bridgehead atoms. The molecule has 4 N–H and O–H groups in total. The third kappa shape index (κ3) is 7.51.